The van der Waals surface area contributed by atoms with Crippen LogP contribution in [-0.2, 0) is 13.6 Å². The van der Waals surface area contributed by atoms with Gasteiger partial charge in [-0.05, 0) is 98.3 Å². The van der Waals surface area contributed by atoms with Crippen LogP contribution in [0.3, 0.4) is 0 Å². The number of hydrogen-bond donors (Lipinski definition) is 0. The molecule has 242 valence electrons. The first-order chi connectivity index (χ1) is 21.6. The molecule has 0 N–H and O–H groups in total. The highest BCUT2D eigenvalue weighted by Crippen LogP contribution is 2.41. The van der Waals surface area contributed by atoms with E-state index in [2.05, 4.69) is 69.6 Å². The highest BCUT2D eigenvalue weighted by molar-refractivity contribution is 6.73. The van der Waals surface area contributed by atoms with Gasteiger partial charge in [0.2, 0.25) is 8.32 Å². The molecule has 0 unspecified atom stereocenters. The quantitative estimate of drug-likeness (QED) is 0.0931. The van der Waals surface area contributed by atoms with Gasteiger partial charge in [0.1, 0.15) is 12.4 Å². The van der Waals surface area contributed by atoms with E-state index in [0.29, 0.717) is 12.1 Å². The third-order valence-corrected chi connectivity index (χ3v) is 14.1. The molecule has 4 rings (SSSR count). The molecular weight excluding hydrogens is 597 g/mol. The van der Waals surface area contributed by atoms with Crippen molar-refractivity contribution in [3.8, 4) is 5.75 Å². The number of nitrogens with zero attached hydrogens (tertiary/aromatic N) is 2. The second kappa shape index (κ2) is 15.8. The summed E-state index contributed by atoms with van der Waals surface area (Å²) in [5.41, 5.74) is 2.57. The molecule has 1 aliphatic rings. The Hall–Kier alpha value is -3.25. The summed E-state index contributed by atoms with van der Waals surface area (Å²) in [6, 6.07) is 20.3. The summed E-state index contributed by atoms with van der Waals surface area (Å²) < 4.78 is 25.5. The van der Waals surface area contributed by atoms with Gasteiger partial charge in [0.25, 0.3) is 0 Å². The van der Waals surface area contributed by atoms with Gasteiger partial charge >= 0.3 is 5.97 Å². The van der Waals surface area contributed by atoms with Gasteiger partial charge in [0.15, 0.2) is 8.32 Å². The Morgan fingerprint density at radius 3 is 2.42 bits per heavy atom. The highest BCUT2D eigenvalue weighted by Gasteiger charge is 2.42. The first kappa shape index (κ1) is 34.6. The second-order valence-corrected chi connectivity index (χ2v) is 21.7. The third kappa shape index (κ3) is 8.94. The number of rotatable bonds is 15. The van der Waals surface area contributed by atoms with E-state index in [1.807, 2.05) is 42.6 Å². The van der Waals surface area contributed by atoms with Crippen LogP contribution in [0.1, 0.15) is 49.2 Å². The Morgan fingerprint density at radius 1 is 1.02 bits per heavy atom. The molecule has 7 nitrogen and oxygen atoms in total. The standard InChI is InChI=1S/C36H50N2O5Si2/c1-8-45(9-2,10-3)43-35(30-22-23-37-32-21-20-29(40-4)27-31(30)32)34-33(42-44(5,6)7)19-16-25-38(34)24-14-15-26-41-36(39)28-17-12-11-13-18-28/h11-15,17-23,27,34-35H,8-10,16,24-26H2,1-7H3/b15-14+/t34-,35+/m0/s1. The third-order valence-electron chi connectivity index (χ3n) is 8.58. The monoisotopic (exact) mass is 646 g/mol. The minimum Gasteiger partial charge on any atom is -0.546 e. The van der Waals surface area contributed by atoms with Crippen LogP contribution in [-0.4, -0.2) is 65.3 Å². The maximum Gasteiger partial charge on any atom is 0.338 e. The normalized spacial score (nSPS) is 16.9. The van der Waals surface area contributed by atoms with E-state index in [4.69, 9.17) is 23.3 Å². The molecule has 0 amide bonds. The lowest BCUT2D eigenvalue weighted by molar-refractivity contribution is 0.0544. The van der Waals surface area contributed by atoms with Crippen molar-refractivity contribution >= 4 is 33.5 Å². The van der Waals surface area contributed by atoms with Crippen LogP contribution in [0.25, 0.3) is 10.9 Å². The van der Waals surface area contributed by atoms with Crippen molar-refractivity contribution in [2.45, 2.75) is 77.1 Å². The number of carbonyl (C=O) groups is 1. The fourth-order valence-corrected chi connectivity index (χ4v) is 9.67. The van der Waals surface area contributed by atoms with Crippen molar-refractivity contribution in [1.82, 2.24) is 9.88 Å². The lowest BCUT2D eigenvalue weighted by Gasteiger charge is -2.45. The lowest BCUT2D eigenvalue weighted by atomic mass is 9.93. The molecule has 45 heavy (non-hydrogen) atoms. The van der Waals surface area contributed by atoms with Crippen LogP contribution in [0.15, 0.2) is 84.8 Å². The minimum atomic E-state index is -2.09. The van der Waals surface area contributed by atoms with Gasteiger partial charge < -0.3 is 18.3 Å². The van der Waals surface area contributed by atoms with Crippen LogP contribution in [0.5, 0.6) is 5.75 Å². The highest BCUT2D eigenvalue weighted by atomic mass is 28.4. The Labute approximate surface area is 271 Å². The molecule has 0 aliphatic carbocycles. The molecule has 2 aromatic carbocycles. The van der Waals surface area contributed by atoms with Crippen molar-refractivity contribution in [3.63, 3.8) is 0 Å². The zero-order valence-corrected chi connectivity index (χ0v) is 30.0. The maximum absolute atomic E-state index is 12.4. The van der Waals surface area contributed by atoms with E-state index in [-0.39, 0.29) is 24.7 Å². The van der Waals surface area contributed by atoms with E-state index in [1.165, 1.54) is 0 Å². The minimum absolute atomic E-state index is 0.129. The predicted octanol–water partition coefficient (Wildman–Crippen LogP) is 8.53. The molecule has 1 aliphatic heterocycles. The number of methoxy groups -OCH3 is 1. The average molecular weight is 647 g/mol. The summed E-state index contributed by atoms with van der Waals surface area (Å²) >= 11 is 0. The van der Waals surface area contributed by atoms with Crippen molar-refractivity contribution in [1.29, 1.82) is 0 Å². The average Bonchev–Trinajstić information content (AvgIpc) is 3.05. The molecule has 2 heterocycles. The lowest BCUT2D eigenvalue weighted by Crippen LogP contribution is -2.50. The molecule has 1 aromatic heterocycles. The summed E-state index contributed by atoms with van der Waals surface area (Å²) in [7, 11) is -2.34. The van der Waals surface area contributed by atoms with Crippen molar-refractivity contribution < 1.29 is 23.1 Å². The fraction of sp³-hybridized carbons (Fsp3) is 0.444. The first-order valence-corrected chi connectivity index (χ1v) is 22.2. The summed E-state index contributed by atoms with van der Waals surface area (Å²) in [4.78, 5) is 19.6. The van der Waals surface area contributed by atoms with Crippen molar-refractivity contribution in [2.24, 2.45) is 0 Å². The van der Waals surface area contributed by atoms with Gasteiger partial charge in [-0.2, -0.15) is 0 Å². The van der Waals surface area contributed by atoms with Gasteiger partial charge in [-0.3, -0.25) is 9.88 Å². The van der Waals surface area contributed by atoms with E-state index < -0.39 is 16.6 Å². The largest absolute Gasteiger partial charge is 0.546 e. The van der Waals surface area contributed by atoms with Gasteiger partial charge in [-0.25, -0.2) is 4.79 Å². The van der Waals surface area contributed by atoms with E-state index in [9.17, 15) is 4.79 Å². The number of benzene rings is 2. The van der Waals surface area contributed by atoms with Crippen LogP contribution >= 0.6 is 0 Å². The smallest absolute Gasteiger partial charge is 0.338 e. The number of hydrogen-bond acceptors (Lipinski definition) is 7. The summed E-state index contributed by atoms with van der Waals surface area (Å²) in [5.74, 6) is 1.47. The Morgan fingerprint density at radius 2 is 1.76 bits per heavy atom. The van der Waals surface area contributed by atoms with E-state index in [0.717, 1.165) is 59.1 Å². The summed E-state index contributed by atoms with van der Waals surface area (Å²) in [6.07, 6.45) is 8.82. The number of carbonyl (C=O) groups excluding carboxylic acids is 1. The molecule has 0 radical (unpaired) electrons. The number of ether oxygens (including phenoxy) is 2. The van der Waals surface area contributed by atoms with Crippen LogP contribution in [0, 0.1) is 0 Å². The van der Waals surface area contributed by atoms with Crippen LogP contribution in [0.2, 0.25) is 37.8 Å². The summed E-state index contributed by atoms with van der Waals surface area (Å²) in [5, 5.41) is 1.04. The van der Waals surface area contributed by atoms with Crippen LogP contribution in [0.4, 0.5) is 0 Å². The van der Waals surface area contributed by atoms with E-state index >= 15 is 0 Å². The zero-order chi connectivity index (χ0) is 32.5. The Balaban J connectivity index is 1.73. The van der Waals surface area contributed by atoms with Gasteiger partial charge in [-0.1, -0.05) is 45.0 Å². The van der Waals surface area contributed by atoms with Crippen molar-refractivity contribution in [2.75, 3.05) is 26.8 Å². The zero-order valence-electron chi connectivity index (χ0n) is 28.0. The predicted molar refractivity (Wildman–Crippen MR) is 188 cm³/mol. The Kier molecular flexibility index (Phi) is 12.2. The Bertz CT molecular complexity index is 1460. The molecule has 3 aromatic rings. The van der Waals surface area contributed by atoms with Crippen LogP contribution < -0.4 is 4.74 Å². The summed E-state index contributed by atoms with van der Waals surface area (Å²) in [6.45, 7) is 15.3. The second-order valence-electron chi connectivity index (χ2n) is 12.6. The van der Waals surface area contributed by atoms with Crippen molar-refractivity contribution in [3.05, 3.63) is 95.9 Å². The molecule has 0 saturated carbocycles. The number of fused-ring (bicyclic) bond motifs is 1. The molecule has 9 heteroatoms. The molecule has 0 spiro atoms. The molecule has 2 atom stereocenters. The number of aromatic nitrogens is 1. The number of pyridine rings is 1. The van der Waals surface area contributed by atoms with E-state index in [1.54, 1.807) is 19.2 Å². The van der Waals surface area contributed by atoms with Gasteiger partial charge in [-0.15, -0.1) is 0 Å². The van der Waals surface area contributed by atoms with Gasteiger partial charge in [0, 0.05) is 24.7 Å². The maximum atomic E-state index is 12.4. The SMILES string of the molecule is CC[Si](CC)(CC)O[C@H](c1ccnc2ccc(OC)cc12)[C@@H]1C(O[Si](C)(C)C)=CCCN1C/C=C/COC(=O)c1ccccc1. The first-order valence-electron chi connectivity index (χ1n) is 16.2. The van der Waals surface area contributed by atoms with Gasteiger partial charge in [0.05, 0.1) is 36.1 Å². The molecule has 0 fully saturated rings. The molecular formula is C36H50N2O5Si2. The number of esters is 1. The molecule has 0 bridgehead atoms. The molecule has 0 saturated heterocycles. The fourth-order valence-electron chi connectivity index (χ4n) is 5.96. The topological polar surface area (TPSA) is 70.1 Å².